The van der Waals surface area contributed by atoms with E-state index in [1.807, 2.05) is 0 Å². The minimum atomic E-state index is -4.15. The number of halogens is 1. The van der Waals surface area contributed by atoms with Crippen molar-refractivity contribution in [2.45, 2.75) is 37.8 Å². The number of likely N-dealkylation sites (N-methyl/N-ethyl adjacent to an activating group) is 1. The second kappa shape index (κ2) is 13.3. The normalized spacial score (nSPS) is 11.9. The van der Waals surface area contributed by atoms with E-state index < -0.39 is 28.5 Å². The van der Waals surface area contributed by atoms with Crippen molar-refractivity contribution in [1.82, 2.24) is 10.2 Å². The van der Waals surface area contributed by atoms with Crippen molar-refractivity contribution < 1.29 is 22.7 Å². The fraction of sp³-hybridized carbons (Fsp3) is 0.286. The highest BCUT2D eigenvalue weighted by molar-refractivity contribution is 7.92. The molecule has 3 aromatic carbocycles. The van der Waals surface area contributed by atoms with Crippen LogP contribution in [0.1, 0.15) is 25.8 Å². The zero-order valence-corrected chi connectivity index (χ0v) is 23.2. The number of sulfonamides is 1. The van der Waals surface area contributed by atoms with Gasteiger partial charge in [0.15, 0.2) is 0 Å². The van der Waals surface area contributed by atoms with Gasteiger partial charge in [-0.05, 0) is 61.4 Å². The first-order chi connectivity index (χ1) is 18.2. The number of ether oxygens (including phenoxy) is 1. The van der Waals surface area contributed by atoms with Crippen LogP contribution < -0.4 is 14.4 Å². The molecule has 0 radical (unpaired) electrons. The van der Waals surface area contributed by atoms with E-state index in [0.29, 0.717) is 35.0 Å². The van der Waals surface area contributed by atoms with Gasteiger partial charge in [0, 0.05) is 18.1 Å². The van der Waals surface area contributed by atoms with Crippen molar-refractivity contribution in [3.63, 3.8) is 0 Å². The summed E-state index contributed by atoms with van der Waals surface area (Å²) in [5, 5.41) is 3.22. The predicted octanol–water partition coefficient (Wildman–Crippen LogP) is 4.49. The highest BCUT2D eigenvalue weighted by Crippen LogP contribution is 2.26. The number of nitrogens with zero attached hydrogens (tertiary/aromatic N) is 2. The fourth-order valence-electron chi connectivity index (χ4n) is 4.02. The first-order valence-corrected chi connectivity index (χ1v) is 14.1. The van der Waals surface area contributed by atoms with Gasteiger partial charge < -0.3 is 15.0 Å². The number of anilines is 1. The molecule has 3 aromatic rings. The molecule has 2 amide bonds. The molecule has 0 heterocycles. The van der Waals surface area contributed by atoms with Crippen LogP contribution in [0.2, 0.25) is 5.02 Å². The molecule has 0 aliphatic rings. The van der Waals surface area contributed by atoms with Gasteiger partial charge in [0.05, 0.1) is 17.7 Å². The minimum absolute atomic E-state index is 0.00312. The van der Waals surface area contributed by atoms with Crippen molar-refractivity contribution in [3.8, 4) is 5.75 Å². The summed E-state index contributed by atoms with van der Waals surface area (Å²) in [5.41, 5.74) is 0.968. The molecular formula is C28H32ClN3O5S. The Bertz CT molecular complexity index is 1330. The Morgan fingerprint density at radius 1 is 0.947 bits per heavy atom. The summed E-state index contributed by atoms with van der Waals surface area (Å²) >= 11 is 6.39. The summed E-state index contributed by atoms with van der Waals surface area (Å²) in [6, 6.07) is 20.6. The van der Waals surface area contributed by atoms with Crippen LogP contribution in [0.25, 0.3) is 0 Å². The van der Waals surface area contributed by atoms with Crippen LogP contribution in [0.4, 0.5) is 5.69 Å². The van der Waals surface area contributed by atoms with Crippen LogP contribution >= 0.6 is 11.6 Å². The van der Waals surface area contributed by atoms with E-state index in [2.05, 4.69) is 5.32 Å². The Labute approximate surface area is 229 Å². The molecule has 0 saturated carbocycles. The minimum Gasteiger partial charge on any atom is -0.497 e. The van der Waals surface area contributed by atoms with Crippen LogP contribution in [0, 0.1) is 0 Å². The van der Waals surface area contributed by atoms with Gasteiger partial charge >= 0.3 is 0 Å². The molecule has 0 aliphatic heterocycles. The lowest BCUT2D eigenvalue weighted by atomic mass is 10.1. The monoisotopic (exact) mass is 557 g/mol. The maximum absolute atomic E-state index is 13.9. The third kappa shape index (κ3) is 6.85. The van der Waals surface area contributed by atoms with Gasteiger partial charge in [0.25, 0.3) is 10.0 Å². The Morgan fingerprint density at radius 2 is 1.58 bits per heavy atom. The zero-order valence-electron chi connectivity index (χ0n) is 21.6. The first-order valence-electron chi connectivity index (χ1n) is 12.2. The summed E-state index contributed by atoms with van der Waals surface area (Å²) in [6.07, 6.45) is 0.332. The lowest BCUT2D eigenvalue weighted by Crippen LogP contribution is -2.52. The molecule has 0 bridgehead atoms. The van der Waals surface area contributed by atoms with Gasteiger partial charge in [0.2, 0.25) is 11.8 Å². The van der Waals surface area contributed by atoms with Crippen LogP contribution in [0.5, 0.6) is 5.75 Å². The molecule has 0 unspecified atom stereocenters. The van der Waals surface area contributed by atoms with Crippen LogP contribution in [-0.4, -0.2) is 51.4 Å². The van der Waals surface area contributed by atoms with E-state index in [1.165, 1.54) is 24.1 Å². The number of nitrogens with one attached hydrogen (secondary N) is 1. The summed E-state index contributed by atoms with van der Waals surface area (Å²) in [6.45, 7) is 3.52. The van der Waals surface area contributed by atoms with Crippen molar-refractivity contribution in [2.75, 3.05) is 24.5 Å². The molecule has 202 valence electrons. The molecule has 0 fully saturated rings. The Balaban J connectivity index is 2.04. The Hall–Kier alpha value is -3.56. The molecule has 1 atom stereocenters. The topological polar surface area (TPSA) is 96.0 Å². The number of amides is 2. The van der Waals surface area contributed by atoms with E-state index in [0.717, 1.165) is 4.31 Å². The number of carbonyl (C=O) groups excluding carboxylic acids is 2. The highest BCUT2D eigenvalue weighted by atomic mass is 35.5. The maximum atomic E-state index is 13.9. The SMILES string of the molecule is CCNC(=O)[C@H](CC)N(Cc1ccccc1Cl)C(=O)CN(c1ccccc1)S(=O)(=O)c1ccc(OC)cc1. The highest BCUT2D eigenvalue weighted by Gasteiger charge is 2.33. The van der Waals surface area contributed by atoms with E-state index >= 15 is 0 Å². The standard InChI is InChI=1S/C28H32ClN3O5S/c1-4-26(28(34)30-5-2)31(19-21-11-9-10-14-25(21)29)27(33)20-32(22-12-7-6-8-13-22)38(35,36)24-17-15-23(37-3)16-18-24/h6-18,26H,4-5,19-20H2,1-3H3,(H,30,34)/t26-/m0/s1. The summed E-state index contributed by atoms with van der Waals surface area (Å²) in [4.78, 5) is 28.3. The average Bonchev–Trinajstić information content (AvgIpc) is 2.93. The molecule has 0 spiro atoms. The quantitative estimate of drug-likeness (QED) is 0.354. The predicted molar refractivity (Wildman–Crippen MR) is 149 cm³/mol. The zero-order chi connectivity index (χ0) is 27.7. The number of benzene rings is 3. The van der Waals surface area contributed by atoms with Crippen molar-refractivity contribution in [1.29, 1.82) is 0 Å². The molecular weight excluding hydrogens is 526 g/mol. The van der Waals surface area contributed by atoms with Gasteiger partial charge in [-0.1, -0.05) is 54.9 Å². The van der Waals surface area contributed by atoms with Crippen molar-refractivity contribution >= 4 is 39.1 Å². The van der Waals surface area contributed by atoms with Crippen LogP contribution in [-0.2, 0) is 26.2 Å². The number of para-hydroxylation sites is 1. The van der Waals surface area contributed by atoms with E-state index in [9.17, 15) is 18.0 Å². The van der Waals surface area contributed by atoms with Crippen LogP contribution in [0.15, 0.2) is 83.8 Å². The summed E-state index contributed by atoms with van der Waals surface area (Å²) in [7, 11) is -2.66. The number of hydrogen-bond acceptors (Lipinski definition) is 5. The number of carbonyl (C=O) groups is 2. The van der Waals surface area contributed by atoms with Gasteiger partial charge in [-0.2, -0.15) is 0 Å². The number of methoxy groups -OCH3 is 1. The fourth-order valence-corrected chi connectivity index (χ4v) is 5.63. The molecule has 0 saturated heterocycles. The smallest absolute Gasteiger partial charge is 0.264 e. The Morgan fingerprint density at radius 3 is 2.16 bits per heavy atom. The largest absolute Gasteiger partial charge is 0.497 e. The van der Waals surface area contributed by atoms with Crippen molar-refractivity contribution in [3.05, 3.63) is 89.4 Å². The molecule has 0 aromatic heterocycles. The molecule has 8 nitrogen and oxygen atoms in total. The average molecular weight is 558 g/mol. The van der Waals surface area contributed by atoms with Gasteiger partial charge in [-0.25, -0.2) is 8.42 Å². The van der Waals surface area contributed by atoms with Gasteiger partial charge in [-0.3, -0.25) is 13.9 Å². The third-order valence-electron chi connectivity index (χ3n) is 6.01. The molecule has 38 heavy (non-hydrogen) atoms. The van der Waals surface area contributed by atoms with Gasteiger partial charge in [0.1, 0.15) is 18.3 Å². The molecule has 10 heteroatoms. The van der Waals surface area contributed by atoms with Crippen LogP contribution in [0.3, 0.4) is 0 Å². The molecule has 0 aliphatic carbocycles. The maximum Gasteiger partial charge on any atom is 0.264 e. The third-order valence-corrected chi connectivity index (χ3v) is 8.16. The Kier molecular flexibility index (Phi) is 10.2. The second-order valence-corrected chi connectivity index (χ2v) is 10.7. The second-order valence-electron chi connectivity index (χ2n) is 8.45. The van der Waals surface area contributed by atoms with Crippen molar-refractivity contribution in [2.24, 2.45) is 0 Å². The lowest BCUT2D eigenvalue weighted by Gasteiger charge is -2.33. The van der Waals surface area contributed by atoms with E-state index in [4.69, 9.17) is 16.3 Å². The number of rotatable bonds is 12. The summed E-state index contributed by atoms with van der Waals surface area (Å²) in [5.74, 6) is -0.353. The van der Waals surface area contributed by atoms with Gasteiger partial charge in [-0.15, -0.1) is 0 Å². The molecule has 3 rings (SSSR count). The van der Waals surface area contributed by atoms with E-state index in [1.54, 1.807) is 80.6 Å². The van der Waals surface area contributed by atoms with E-state index in [-0.39, 0.29) is 17.3 Å². The first kappa shape index (κ1) is 29.0. The number of hydrogen-bond donors (Lipinski definition) is 1. The summed E-state index contributed by atoms with van der Waals surface area (Å²) < 4.78 is 33.8. The lowest BCUT2D eigenvalue weighted by molar-refractivity contribution is -0.140. The molecule has 1 N–H and O–H groups in total.